The van der Waals surface area contributed by atoms with Crippen LogP contribution >= 0.6 is 0 Å². The number of piperidine rings is 1. The van der Waals surface area contributed by atoms with E-state index in [0.29, 0.717) is 12.6 Å². The predicted molar refractivity (Wildman–Crippen MR) is 118 cm³/mol. The van der Waals surface area contributed by atoms with Crippen molar-refractivity contribution in [3.05, 3.63) is 70.8 Å². The number of carbonyl (C=O) groups is 1. The van der Waals surface area contributed by atoms with E-state index in [0.717, 1.165) is 29.8 Å². The van der Waals surface area contributed by atoms with Crippen molar-refractivity contribution in [2.24, 2.45) is 5.10 Å². The highest BCUT2D eigenvalue weighted by atomic mass is 16.2. The summed E-state index contributed by atoms with van der Waals surface area (Å²) in [7, 11) is 0. The van der Waals surface area contributed by atoms with Crippen molar-refractivity contribution in [2.75, 3.05) is 13.1 Å². The Morgan fingerprint density at radius 3 is 2.59 bits per heavy atom. The average molecular weight is 390 g/mol. The van der Waals surface area contributed by atoms with E-state index < -0.39 is 0 Å². The van der Waals surface area contributed by atoms with Gasteiger partial charge in [-0.25, -0.2) is 5.01 Å². The average Bonchev–Trinajstić information content (AvgIpc) is 3.18. The third-order valence-corrected chi connectivity index (χ3v) is 6.47. The summed E-state index contributed by atoms with van der Waals surface area (Å²) in [4.78, 5) is 15.6. The van der Waals surface area contributed by atoms with Crippen LogP contribution in [-0.2, 0) is 4.79 Å². The monoisotopic (exact) mass is 389 g/mol. The van der Waals surface area contributed by atoms with Crippen LogP contribution in [0.2, 0.25) is 0 Å². The fourth-order valence-electron chi connectivity index (χ4n) is 4.41. The number of likely N-dealkylation sites (tertiary alicyclic amines) is 1. The normalized spacial score (nSPS) is 22.6. The summed E-state index contributed by atoms with van der Waals surface area (Å²) >= 11 is 0. The molecule has 2 aliphatic rings. The molecule has 0 unspecified atom stereocenters. The van der Waals surface area contributed by atoms with Crippen molar-refractivity contribution in [1.82, 2.24) is 9.91 Å². The summed E-state index contributed by atoms with van der Waals surface area (Å²) in [5.41, 5.74) is 5.81. The number of nitrogens with zero attached hydrogens (tertiary/aromatic N) is 3. The van der Waals surface area contributed by atoms with E-state index in [2.05, 4.69) is 56.0 Å². The highest BCUT2D eigenvalue weighted by Gasteiger charge is 2.34. The Morgan fingerprint density at radius 2 is 1.86 bits per heavy atom. The lowest BCUT2D eigenvalue weighted by molar-refractivity contribution is -0.135. The van der Waals surface area contributed by atoms with E-state index in [1.54, 1.807) is 5.01 Å². The molecule has 152 valence electrons. The Balaban J connectivity index is 1.61. The van der Waals surface area contributed by atoms with Crippen LogP contribution in [0.5, 0.6) is 0 Å². The maximum Gasteiger partial charge on any atom is 0.257 e. The van der Waals surface area contributed by atoms with Gasteiger partial charge in [0.15, 0.2) is 0 Å². The molecule has 2 atom stereocenters. The molecule has 29 heavy (non-hydrogen) atoms. The third kappa shape index (κ3) is 4.27. The topological polar surface area (TPSA) is 35.9 Å². The fourth-order valence-corrected chi connectivity index (χ4v) is 4.41. The van der Waals surface area contributed by atoms with Gasteiger partial charge < -0.3 is 0 Å². The van der Waals surface area contributed by atoms with Crippen LogP contribution in [0.3, 0.4) is 0 Å². The lowest BCUT2D eigenvalue weighted by Gasteiger charge is -2.34. The van der Waals surface area contributed by atoms with Gasteiger partial charge in [0.1, 0.15) is 0 Å². The van der Waals surface area contributed by atoms with Gasteiger partial charge in [-0.05, 0) is 68.5 Å². The molecule has 0 aliphatic carbocycles. The zero-order valence-corrected chi connectivity index (χ0v) is 17.8. The molecule has 4 rings (SSSR count). The number of aryl methyl sites for hydroxylation is 2. The first-order chi connectivity index (χ1) is 14.0. The zero-order chi connectivity index (χ0) is 20.4. The lowest BCUT2D eigenvalue weighted by atomic mass is 9.96. The predicted octanol–water partition coefficient (Wildman–Crippen LogP) is 4.86. The van der Waals surface area contributed by atoms with E-state index in [9.17, 15) is 4.79 Å². The Bertz CT molecular complexity index is 906. The molecule has 2 aromatic carbocycles. The molecule has 0 saturated carbocycles. The van der Waals surface area contributed by atoms with Crippen LogP contribution in [0.1, 0.15) is 60.9 Å². The standard InChI is InChI=1S/C25H31N3O/c1-18-12-13-22(15-19(18)2)23-16-24(21-10-5-4-6-11-21)28(26-23)25(29)17-27-14-8-7-9-20(27)3/h4-6,10-13,15,20,24H,7-9,14,16-17H2,1-3H3/t20-,24+/m0/s1. The molecule has 2 heterocycles. The second-order valence-corrected chi connectivity index (χ2v) is 8.53. The minimum Gasteiger partial charge on any atom is -0.292 e. The number of hydrazone groups is 1. The Hall–Kier alpha value is -2.46. The van der Waals surface area contributed by atoms with Crippen LogP contribution in [-0.4, -0.2) is 40.7 Å². The molecule has 2 aromatic rings. The lowest BCUT2D eigenvalue weighted by Crippen LogP contribution is -2.44. The van der Waals surface area contributed by atoms with Crippen molar-refractivity contribution in [3.63, 3.8) is 0 Å². The summed E-state index contributed by atoms with van der Waals surface area (Å²) in [6.07, 6.45) is 4.37. The largest absolute Gasteiger partial charge is 0.292 e. The maximum absolute atomic E-state index is 13.3. The molecule has 0 aromatic heterocycles. The first kappa shape index (κ1) is 19.8. The SMILES string of the molecule is Cc1ccc(C2=NN(C(=O)CN3CCCC[C@@H]3C)[C@@H](c3ccccc3)C2)cc1C. The number of amides is 1. The van der Waals surface area contributed by atoms with Gasteiger partial charge in [0.05, 0.1) is 18.3 Å². The maximum atomic E-state index is 13.3. The summed E-state index contributed by atoms with van der Waals surface area (Å²) in [5.74, 6) is 0.103. The number of benzene rings is 2. The van der Waals surface area contributed by atoms with Crippen molar-refractivity contribution in [2.45, 2.75) is 58.5 Å². The van der Waals surface area contributed by atoms with Crippen LogP contribution < -0.4 is 0 Å². The van der Waals surface area contributed by atoms with Gasteiger partial charge in [-0.1, -0.05) is 48.9 Å². The summed E-state index contributed by atoms with van der Waals surface area (Å²) in [5, 5.41) is 6.60. The minimum atomic E-state index is -0.0274. The first-order valence-electron chi connectivity index (χ1n) is 10.8. The van der Waals surface area contributed by atoms with Gasteiger partial charge >= 0.3 is 0 Å². The molecular weight excluding hydrogens is 358 g/mol. The highest BCUT2D eigenvalue weighted by Crippen LogP contribution is 2.33. The number of hydrogen-bond acceptors (Lipinski definition) is 3. The van der Waals surface area contributed by atoms with Crippen molar-refractivity contribution >= 4 is 11.6 Å². The molecule has 1 saturated heterocycles. The Kier molecular flexibility index (Phi) is 5.81. The molecule has 4 nitrogen and oxygen atoms in total. The zero-order valence-electron chi connectivity index (χ0n) is 17.8. The molecule has 4 heteroatoms. The molecule has 0 bridgehead atoms. The third-order valence-electron chi connectivity index (χ3n) is 6.47. The molecule has 2 aliphatic heterocycles. The summed E-state index contributed by atoms with van der Waals surface area (Å²) < 4.78 is 0. The molecule has 1 amide bonds. The van der Waals surface area contributed by atoms with E-state index in [4.69, 9.17) is 5.10 Å². The Labute approximate surface area is 174 Å². The van der Waals surface area contributed by atoms with Gasteiger partial charge in [-0.2, -0.15) is 5.10 Å². The first-order valence-corrected chi connectivity index (χ1v) is 10.8. The van der Waals surface area contributed by atoms with Gasteiger partial charge in [0.25, 0.3) is 5.91 Å². The van der Waals surface area contributed by atoms with Crippen LogP contribution in [0.15, 0.2) is 53.6 Å². The van der Waals surface area contributed by atoms with Crippen molar-refractivity contribution < 1.29 is 4.79 Å². The van der Waals surface area contributed by atoms with E-state index in [1.807, 2.05) is 18.2 Å². The fraction of sp³-hybridized carbons (Fsp3) is 0.440. The van der Waals surface area contributed by atoms with Crippen LogP contribution in [0, 0.1) is 13.8 Å². The second kappa shape index (κ2) is 8.50. The summed E-state index contributed by atoms with van der Waals surface area (Å²) in [6.45, 7) is 7.94. The van der Waals surface area contributed by atoms with Crippen molar-refractivity contribution in [1.29, 1.82) is 0 Å². The molecular formula is C25H31N3O. The molecule has 0 N–H and O–H groups in total. The van der Waals surface area contributed by atoms with Crippen LogP contribution in [0.25, 0.3) is 0 Å². The van der Waals surface area contributed by atoms with E-state index in [-0.39, 0.29) is 11.9 Å². The smallest absolute Gasteiger partial charge is 0.257 e. The molecule has 0 spiro atoms. The van der Waals surface area contributed by atoms with Gasteiger partial charge in [0.2, 0.25) is 0 Å². The molecule has 0 radical (unpaired) electrons. The Morgan fingerprint density at radius 1 is 1.07 bits per heavy atom. The van der Waals surface area contributed by atoms with Gasteiger partial charge in [-0.15, -0.1) is 0 Å². The number of carbonyl (C=O) groups excluding carboxylic acids is 1. The second-order valence-electron chi connectivity index (χ2n) is 8.53. The summed E-state index contributed by atoms with van der Waals surface area (Å²) in [6, 6.07) is 17.2. The van der Waals surface area contributed by atoms with E-state index >= 15 is 0 Å². The molecule has 1 fully saturated rings. The van der Waals surface area contributed by atoms with Gasteiger partial charge in [-0.3, -0.25) is 9.69 Å². The highest BCUT2D eigenvalue weighted by molar-refractivity contribution is 6.03. The number of rotatable bonds is 4. The number of hydrogen-bond donors (Lipinski definition) is 0. The van der Waals surface area contributed by atoms with Gasteiger partial charge in [0, 0.05) is 12.5 Å². The quantitative estimate of drug-likeness (QED) is 0.749. The van der Waals surface area contributed by atoms with Crippen molar-refractivity contribution in [3.8, 4) is 0 Å². The van der Waals surface area contributed by atoms with E-state index in [1.165, 1.54) is 30.4 Å². The van der Waals surface area contributed by atoms with Crippen LogP contribution in [0.4, 0.5) is 0 Å². The minimum absolute atomic E-state index is 0.0274.